The van der Waals surface area contributed by atoms with Gasteiger partial charge >= 0.3 is 0 Å². The fourth-order valence-corrected chi connectivity index (χ4v) is 7.14. The van der Waals surface area contributed by atoms with Gasteiger partial charge in [-0.2, -0.15) is 0 Å². The fourth-order valence-electron chi connectivity index (χ4n) is 7.14. The van der Waals surface area contributed by atoms with Gasteiger partial charge in [-0.15, -0.1) is 0 Å². The summed E-state index contributed by atoms with van der Waals surface area (Å²) >= 11 is 0. The second-order valence-corrected chi connectivity index (χ2v) is 15.5. The highest BCUT2D eigenvalue weighted by molar-refractivity contribution is 4.60. The highest BCUT2D eigenvalue weighted by Crippen LogP contribution is 2.23. The average molecular weight is 591 g/mol. The lowest BCUT2D eigenvalue weighted by Crippen LogP contribution is -1.97. The van der Waals surface area contributed by atoms with Crippen LogP contribution in [0.25, 0.3) is 0 Å². The van der Waals surface area contributed by atoms with Gasteiger partial charge in [-0.1, -0.05) is 247 Å². The van der Waals surface area contributed by atoms with Gasteiger partial charge < -0.3 is 0 Å². The van der Waals surface area contributed by atoms with Crippen LogP contribution in [0.1, 0.15) is 247 Å². The molecule has 0 rings (SSSR count). The first-order valence-electron chi connectivity index (χ1n) is 20.5. The van der Waals surface area contributed by atoms with E-state index in [2.05, 4.69) is 41.5 Å². The molecule has 0 spiro atoms. The molecule has 0 heteroatoms. The van der Waals surface area contributed by atoms with Crippen molar-refractivity contribution in [2.24, 2.45) is 23.7 Å². The lowest BCUT2D eigenvalue weighted by Gasteiger charge is -2.13. The Hall–Kier alpha value is 0. The standard InChI is InChI=1S/C42H86/c1-7-9-11-13-16-24-32-41(5)37-29-21-22-30-38-42(6)36-28-20-15-19-27-35-40(4)34-26-18-14-17-25-33-39(3)31-23-12-10-8-2/h39-42H,7-38H2,1-6H3. The molecule has 0 bridgehead atoms. The van der Waals surface area contributed by atoms with Gasteiger partial charge in [0.15, 0.2) is 0 Å². The van der Waals surface area contributed by atoms with Crippen LogP contribution in [0.15, 0.2) is 0 Å². The molecular weight excluding hydrogens is 504 g/mol. The molecule has 0 aliphatic rings. The first kappa shape index (κ1) is 42.0. The lowest BCUT2D eigenvalue weighted by atomic mass is 9.93. The van der Waals surface area contributed by atoms with Gasteiger partial charge in [-0.3, -0.25) is 0 Å². The molecule has 0 heterocycles. The minimum absolute atomic E-state index is 0.954. The Bertz CT molecular complexity index is 480. The minimum atomic E-state index is 0.954. The first-order valence-corrected chi connectivity index (χ1v) is 20.5. The highest BCUT2D eigenvalue weighted by Gasteiger charge is 2.06. The monoisotopic (exact) mass is 591 g/mol. The molecule has 4 atom stereocenters. The summed E-state index contributed by atoms with van der Waals surface area (Å²) in [6, 6.07) is 0. The molecule has 0 aliphatic carbocycles. The molecule has 0 saturated heterocycles. The SMILES string of the molecule is CCCCCCCCC(C)CCCCCCC(C)CCCCCCCC(C)CCCCCCCC(C)CCCCCC. The van der Waals surface area contributed by atoms with Crippen LogP contribution in [-0.2, 0) is 0 Å². The predicted molar refractivity (Wildman–Crippen MR) is 196 cm³/mol. The van der Waals surface area contributed by atoms with Crippen LogP contribution < -0.4 is 0 Å². The number of hydrogen-bond acceptors (Lipinski definition) is 0. The van der Waals surface area contributed by atoms with Gasteiger partial charge in [0.2, 0.25) is 0 Å². The number of rotatable bonds is 35. The maximum absolute atomic E-state index is 2.51. The molecule has 0 aromatic heterocycles. The Balaban J connectivity index is 3.36. The van der Waals surface area contributed by atoms with Gasteiger partial charge in [-0.25, -0.2) is 0 Å². The predicted octanol–water partition coefficient (Wildman–Crippen LogP) is 16.1. The number of hydrogen-bond donors (Lipinski definition) is 0. The molecular formula is C42H86. The van der Waals surface area contributed by atoms with Crippen molar-refractivity contribution in [3.05, 3.63) is 0 Å². The molecule has 0 amide bonds. The van der Waals surface area contributed by atoms with Crippen LogP contribution in [-0.4, -0.2) is 0 Å². The molecule has 0 saturated carbocycles. The zero-order valence-corrected chi connectivity index (χ0v) is 30.9. The molecule has 0 nitrogen and oxygen atoms in total. The van der Waals surface area contributed by atoms with Gasteiger partial charge in [0.1, 0.15) is 0 Å². The Labute approximate surface area is 270 Å². The van der Waals surface area contributed by atoms with Crippen LogP contribution in [0.4, 0.5) is 0 Å². The van der Waals surface area contributed by atoms with Crippen LogP contribution in [0.3, 0.4) is 0 Å². The molecule has 0 N–H and O–H groups in total. The quantitative estimate of drug-likeness (QED) is 0.0644. The van der Waals surface area contributed by atoms with E-state index >= 15 is 0 Å². The highest BCUT2D eigenvalue weighted by atomic mass is 14.1. The molecule has 254 valence electrons. The first-order chi connectivity index (χ1) is 20.5. The summed E-state index contributed by atoms with van der Waals surface area (Å²) in [5.74, 6) is 3.83. The largest absolute Gasteiger partial charge is 0.0654 e. The van der Waals surface area contributed by atoms with Crippen LogP contribution in [0.5, 0.6) is 0 Å². The van der Waals surface area contributed by atoms with Crippen molar-refractivity contribution in [2.45, 2.75) is 247 Å². The van der Waals surface area contributed by atoms with E-state index in [1.165, 1.54) is 205 Å². The Morgan fingerprint density at radius 2 is 0.357 bits per heavy atom. The van der Waals surface area contributed by atoms with E-state index in [9.17, 15) is 0 Å². The van der Waals surface area contributed by atoms with E-state index < -0.39 is 0 Å². The maximum atomic E-state index is 2.51. The van der Waals surface area contributed by atoms with E-state index in [0.29, 0.717) is 0 Å². The van der Waals surface area contributed by atoms with Gasteiger partial charge in [0.05, 0.1) is 0 Å². The van der Waals surface area contributed by atoms with E-state index in [1.54, 1.807) is 0 Å². The maximum Gasteiger partial charge on any atom is -0.0443 e. The Morgan fingerprint density at radius 1 is 0.214 bits per heavy atom. The summed E-state index contributed by atoms with van der Waals surface area (Å²) in [5.41, 5.74) is 0. The summed E-state index contributed by atoms with van der Waals surface area (Å²) in [6.45, 7) is 14.6. The second-order valence-electron chi connectivity index (χ2n) is 15.5. The molecule has 4 unspecified atom stereocenters. The molecule has 0 aliphatic heterocycles. The minimum Gasteiger partial charge on any atom is -0.0654 e. The van der Waals surface area contributed by atoms with Crippen molar-refractivity contribution < 1.29 is 0 Å². The van der Waals surface area contributed by atoms with Crippen LogP contribution >= 0.6 is 0 Å². The smallest absolute Gasteiger partial charge is 0.0443 e. The molecule has 0 aromatic carbocycles. The van der Waals surface area contributed by atoms with E-state index in [1.807, 2.05) is 0 Å². The summed E-state index contributed by atoms with van der Waals surface area (Å²) in [6.07, 6.45) is 46.9. The molecule has 0 fully saturated rings. The van der Waals surface area contributed by atoms with Crippen molar-refractivity contribution in [1.82, 2.24) is 0 Å². The van der Waals surface area contributed by atoms with E-state index in [0.717, 1.165) is 23.7 Å². The summed E-state index contributed by atoms with van der Waals surface area (Å²) < 4.78 is 0. The zero-order chi connectivity index (χ0) is 30.9. The van der Waals surface area contributed by atoms with Crippen molar-refractivity contribution >= 4 is 0 Å². The fraction of sp³-hybridized carbons (Fsp3) is 1.00. The third-order valence-corrected chi connectivity index (χ3v) is 10.5. The van der Waals surface area contributed by atoms with Gasteiger partial charge in [0, 0.05) is 0 Å². The van der Waals surface area contributed by atoms with Crippen molar-refractivity contribution in [1.29, 1.82) is 0 Å². The summed E-state index contributed by atoms with van der Waals surface area (Å²) in [5, 5.41) is 0. The van der Waals surface area contributed by atoms with E-state index in [-0.39, 0.29) is 0 Å². The molecule has 0 aromatic rings. The summed E-state index contributed by atoms with van der Waals surface area (Å²) in [7, 11) is 0. The lowest BCUT2D eigenvalue weighted by molar-refractivity contribution is 0.407. The van der Waals surface area contributed by atoms with E-state index in [4.69, 9.17) is 0 Å². The van der Waals surface area contributed by atoms with Crippen LogP contribution in [0.2, 0.25) is 0 Å². The Morgan fingerprint density at radius 3 is 0.548 bits per heavy atom. The summed E-state index contributed by atoms with van der Waals surface area (Å²) in [4.78, 5) is 0. The third-order valence-electron chi connectivity index (χ3n) is 10.5. The van der Waals surface area contributed by atoms with Crippen molar-refractivity contribution in [2.75, 3.05) is 0 Å². The number of unbranched alkanes of at least 4 members (excludes halogenated alkanes) is 19. The third kappa shape index (κ3) is 32.9. The topological polar surface area (TPSA) is 0 Å². The van der Waals surface area contributed by atoms with Gasteiger partial charge in [0.25, 0.3) is 0 Å². The zero-order valence-electron chi connectivity index (χ0n) is 30.9. The Kier molecular flexibility index (Phi) is 33.9. The normalized spacial score (nSPS) is 14.7. The van der Waals surface area contributed by atoms with Crippen molar-refractivity contribution in [3.63, 3.8) is 0 Å². The second kappa shape index (κ2) is 33.9. The van der Waals surface area contributed by atoms with Gasteiger partial charge in [-0.05, 0) is 23.7 Å². The van der Waals surface area contributed by atoms with Crippen molar-refractivity contribution in [3.8, 4) is 0 Å². The molecule has 0 radical (unpaired) electrons. The molecule has 42 heavy (non-hydrogen) atoms. The van der Waals surface area contributed by atoms with Crippen LogP contribution in [0, 0.1) is 23.7 Å². The average Bonchev–Trinajstić information content (AvgIpc) is 2.97.